The van der Waals surface area contributed by atoms with Gasteiger partial charge in [0.25, 0.3) is 0 Å². The molecule has 1 N–H and O–H groups in total. The van der Waals surface area contributed by atoms with Gasteiger partial charge in [0.05, 0.1) is 25.8 Å². The number of anilines is 1. The average Bonchev–Trinajstić information content (AvgIpc) is 3.09. The Kier molecular flexibility index (Phi) is 6.22. The lowest BCUT2D eigenvalue weighted by molar-refractivity contribution is -0.128. The molecule has 2 aromatic carbocycles. The Morgan fingerprint density at radius 3 is 2.46 bits per heavy atom. The summed E-state index contributed by atoms with van der Waals surface area (Å²) in [6.45, 7) is 1.37. The summed E-state index contributed by atoms with van der Waals surface area (Å²) < 4.78 is 10.6. The van der Waals surface area contributed by atoms with Crippen molar-refractivity contribution in [3.05, 3.63) is 66.2 Å². The van der Waals surface area contributed by atoms with Crippen molar-refractivity contribution in [2.45, 2.75) is 19.1 Å². The Labute approximate surface area is 152 Å². The third-order valence-electron chi connectivity index (χ3n) is 4.06. The molecule has 0 spiro atoms. The summed E-state index contributed by atoms with van der Waals surface area (Å²) in [5.74, 6) is -0.260. The molecule has 0 aromatic heterocycles. The first kappa shape index (κ1) is 17.9. The van der Waals surface area contributed by atoms with E-state index in [4.69, 9.17) is 9.47 Å². The number of carbonyl (C=O) groups excluding carboxylic acids is 2. The van der Waals surface area contributed by atoms with Gasteiger partial charge in [-0.25, -0.2) is 9.69 Å². The smallest absolute Gasteiger partial charge is 0.416 e. The molecule has 1 saturated heterocycles. The van der Waals surface area contributed by atoms with Crippen molar-refractivity contribution >= 4 is 17.7 Å². The van der Waals surface area contributed by atoms with E-state index in [-0.39, 0.29) is 25.0 Å². The minimum Gasteiger partial charge on any atom is -0.447 e. The van der Waals surface area contributed by atoms with Gasteiger partial charge in [-0.15, -0.1) is 0 Å². The van der Waals surface area contributed by atoms with E-state index in [0.29, 0.717) is 19.8 Å². The molecule has 1 aliphatic heterocycles. The van der Waals surface area contributed by atoms with Crippen molar-refractivity contribution < 1.29 is 19.1 Å². The molecular formula is C20H22N2O4. The van der Waals surface area contributed by atoms with E-state index in [9.17, 15) is 9.59 Å². The highest BCUT2D eigenvalue weighted by Gasteiger charge is 2.30. The minimum atomic E-state index is -0.571. The highest BCUT2D eigenvalue weighted by molar-refractivity contribution is 5.93. The van der Waals surface area contributed by atoms with Crippen LogP contribution in [0.15, 0.2) is 60.7 Å². The van der Waals surface area contributed by atoms with Crippen LogP contribution >= 0.6 is 0 Å². The minimum absolute atomic E-state index is 0.152. The number of para-hydroxylation sites is 1. The molecule has 1 fully saturated rings. The first-order valence-corrected chi connectivity index (χ1v) is 8.63. The summed E-state index contributed by atoms with van der Waals surface area (Å²) in [6, 6.07) is 19.2. The second-order valence-corrected chi connectivity index (χ2v) is 6.07. The molecule has 0 aliphatic carbocycles. The van der Waals surface area contributed by atoms with Gasteiger partial charge in [0.2, 0.25) is 5.91 Å². The molecule has 1 aliphatic rings. The van der Waals surface area contributed by atoms with Crippen LogP contribution < -0.4 is 5.32 Å². The first-order chi connectivity index (χ1) is 12.7. The quantitative estimate of drug-likeness (QED) is 0.789. The van der Waals surface area contributed by atoms with Gasteiger partial charge in [0.15, 0.2) is 0 Å². The van der Waals surface area contributed by atoms with Crippen LogP contribution in [-0.2, 0) is 20.9 Å². The normalized spacial score (nSPS) is 14.8. The summed E-state index contributed by atoms with van der Waals surface area (Å²) in [6.07, 6.45) is -0.419. The van der Waals surface area contributed by atoms with Crippen molar-refractivity contribution in [2.24, 2.45) is 0 Å². The Bertz CT molecular complexity index is 721. The second-order valence-electron chi connectivity index (χ2n) is 6.07. The fraction of sp³-hybridized carbons (Fsp3) is 0.300. The maximum absolute atomic E-state index is 12.4. The number of imide groups is 1. The Morgan fingerprint density at radius 2 is 1.81 bits per heavy atom. The molecule has 6 nitrogen and oxygen atoms in total. The average molecular weight is 354 g/mol. The third-order valence-corrected chi connectivity index (χ3v) is 4.06. The summed E-state index contributed by atoms with van der Waals surface area (Å²) in [7, 11) is 0. The number of carbonyl (C=O) groups is 2. The molecule has 6 heteroatoms. The van der Waals surface area contributed by atoms with E-state index in [1.807, 2.05) is 60.7 Å². The number of ether oxygens (including phenoxy) is 2. The molecule has 0 saturated carbocycles. The molecule has 1 heterocycles. The van der Waals surface area contributed by atoms with Gasteiger partial charge in [-0.3, -0.25) is 4.79 Å². The number of nitrogens with one attached hydrogen (secondary N) is 1. The number of hydrogen-bond acceptors (Lipinski definition) is 5. The zero-order chi connectivity index (χ0) is 18.2. The number of amides is 2. The third kappa shape index (κ3) is 5.07. The van der Waals surface area contributed by atoms with Crippen molar-refractivity contribution in [1.29, 1.82) is 0 Å². The molecule has 1 atom stereocenters. The topological polar surface area (TPSA) is 67.9 Å². The van der Waals surface area contributed by atoms with Crippen molar-refractivity contribution in [2.75, 3.05) is 25.1 Å². The number of hydrogen-bond donors (Lipinski definition) is 1. The molecule has 136 valence electrons. The summed E-state index contributed by atoms with van der Waals surface area (Å²) in [5.41, 5.74) is 1.97. The van der Waals surface area contributed by atoms with Crippen LogP contribution in [0.4, 0.5) is 10.5 Å². The second kappa shape index (κ2) is 9.01. The van der Waals surface area contributed by atoms with E-state index < -0.39 is 6.09 Å². The molecule has 26 heavy (non-hydrogen) atoms. The standard InChI is InChI=1S/C20H22N2O4/c23-19(22-11-12-26-20(22)24)13-18(21-17-9-5-2-6-10-17)15-25-14-16-7-3-1-4-8-16/h1-10,18,21H,11-15H2/t18-/m0/s1. The van der Waals surface area contributed by atoms with Gasteiger partial charge < -0.3 is 14.8 Å². The predicted molar refractivity (Wildman–Crippen MR) is 97.6 cm³/mol. The highest BCUT2D eigenvalue weighted by atomic mass is 16.6. The van der Waals surface area contributed by atoms with Crippen molar-refractivity contribution in [3.63, 3.8) is 0 Å². The van der Waals surface area contributed by atoms with Crippen LogP contribution in [0.3, 0.4) is 0 Å². The monoisotopic (exact) mass is 354 g/mol. The largest absolute Gasteiger partial charge is 0.447 e. The molecule has 0 bridgehead atoms. The molecule has 0 unspecified atom stereocenters. The lowest BCUT2D eigenvalue weighted by Gasteiger charge is -2.21. The van der Waals surface area contributed by atoms with E-state index in [1.165, 1.54) is 0 Å². The Morgan fingerprint density at radius 1 is 1.12 bits per heavy atom. The van der Waals surface area contributed by atoms with Crippen LogP contribution in [0.1, 0.15) is 12.0 Å². The van der Waals surface area contributed by atoms with Crippen LogP contribution in [0.2, 0.25) is 0 Å². The van der Waals surface area contributed by atoms with Gasteiger partial charge in [-0.2, -0.15) is 0 Å². The van der Waals surface area contributed by atoms with Crippen molar-refractivity contribution in [1.82, 2.24) is 4.90 Å². The molecule has 2 aromatic rings. The predicted octanol–water partition coefficient (Wildman–Crippen LogP) is 3.05. The van der Waals surface area contributed by atoms with E-state index in [2.05, 4.69) is 5.32 Å². The van der Waals surface area contributed by atoms with Crippen LogP contribution in [0.25, 0.3) is 0 Å². The zero-order valence-corrected chi connectivity index (χ0v) is 14.5. The summed E-state index contributed by atoms with van der Waals surface area (Å²) in [5, 5.41) is 3.31. The van der Waals surface area contributed by atoms with E-state index in [0.717, 1.165) is 16.2 Å². The number of benzene rings is 2. The Hall–Kier alpha value is -2.86. The van der Waals surface area contributed by atoms with Crippen molar-refractivity contribution in [3.8, 4) is 0 Å². The number of nitrogens with zero attached hydrogens (tertiary/aromatic N) is 1. The van der Waals surface area contributed by atoms with Gasteiger partial charge in [0, 0.05) is 12.1 Å². The zero-order valence-electron chi connectivity index (χ0n) is 14.5. The van der Waals surface area contributed by atoms with Gasteiger partial charge in [-0.1, -0.05) is 48.5 Å². The van der Waals surface area contributed by atoms with Gasteiger partial charge in [-0.05, 0) is 17.7 Å². The highest BCUT2D eigenvalue weighted by Crippen LogP contribution is 2.13. The molecule has 3 rings (SSSR count). The first-order valence-electron chi connectivity index (χ1n) is 8.63. The SMILES string of the molecule is O=C(C[C@@H](COCc1ccccc1)Nc1ccccc1)N1CCOC1=O. The molecule has 0 radical (unpaired) electrons. The van der Waals surface area contributed by atoms with E-state index >= 15 is 0 Å². The maximum atomic E-state index is 12.4. The maximum Gasteiger partial charge on any atom is 0.416 e. The number of rotatable bonds is 8. The van der Waals surface area contributed by atoms with Crippen LogP contribution in [-0.4, -0.2) is 42.7 Å². The molecular weight excluding hydrogens is 332 g/mol. The van der Waals surface area contributed by atoms with E-state index in [1.54, 1.807) is 0 Å². The van der Waals surface area contributed by atoms with Crippen LogP contribution in [0, 0.1) is 0 Å². The van der Waals surface area contributed by atoms with Crippen LogP contribution in [0.5, 0.6) is 0 Å². The molecule has 2 amide bonds. The van der Waals surface area contributed by atoms with Gasteiger partial charge >= 0.3 is 6.09 Å². The lowest BCUT2D eigenvalue weighted by Crippen LogP contribution is -2.37. The summed E-state index contributed by atoms with van der Waals surface area (Å²) in [4.78, 5) is 25.2. The summed E-state index contributed by atoms with van der Waals surface area (Å²) >= 11 is 0. The fourth-order valence-electron chi connectivity index (χ4n) is 2.76. The van der Waals surface area contributed by atoms with Gasteiger partial charge in [0.1, 0.15) is 6.61 Å². The fourth-order valence-corrected chi connectivity index (χ4v) is 2.76. The Balaban J connectivity index is 1.59. The lowest BCUT2D eigenvalue weighted by atomic mass is 10.1. The number of cyclic esters (lactones) is 1.